The van der Waals surface area contributed by atoms with Crippen LogP contribution in [0.1, 0.15) is 75.0 Å². The molecule has 1 aromatic carbocycles. The molecule has 1 N–H and O–H groups in total. The Kier molecular flexibility index (Phi) is 11.6. The predicted octanol–water partition coefficient (Wildman–Crippen LogP) is 6.23. The van der Waals surface area contributed by atoms with Gasteiger partial charge in [0.25, 0.3) is 5.91 Å². The van der Waals surface area contributed by atoms with Crippen molar-refractivity contribution in [2.75, 3.05) is 0 Å². The van der Waals surface area contributed by atoms with Crippen LogP contribution in [0.3, 0.4) is 0 Å². The summed E-state index contributed by atoms with van der Waals surface area (Å²) in [6, 6.07) is 8.26. The second-order valence-electron chi connectivity index (χ2n) is 6.61. The van der Waals surface area contributed by atoms with Crippen molar-refractivity contribution in [3.8, 4) is 11.8 Å². The molecule has 2 aromatic rings. The van der Waals surface area contributed by atoms with E-state index in [4.69, 9.17) is 21.6 Å². The molecule has 0 spiro atoms. The SMILES string of the molecule is CC.CC.Cc1ncc(C(=O)NC2CCC(Oc3ccc(C#N)c(Cl)c3)CC2)cc1F. The minimum Gasteiger partial charge on any atom is -0.490 e. The summed E-state index contributed by atoms with van der Waals surface area (Å²) < 4.78 is 19.5. The van der Waals surface area contributed by atoms with E-state index < -0.39 is 5.82 Å². The number of ether oxygens (including phenoxy) is 1. The zero-order chi connectivity index (χ0) is 23.4. The number of hydrogen-bond donors (Lipinski definition) is 1. The zero-order valence-corrected chi connectivity index (χ0v) is 19.6. The molecule has 31 heavy (non-hydrogen) atoms. The first-order chi connectivity index (χ1) is 15.0. The molecule has 1 aliphatic carbocycles. The van der Waals surface area contributed by atoms with Crippen LogP contribution >= 0.6 is 11.6 Å². The minimum atomic E-state index is -0.485. The molecule has 0 bridgehead atoms. The first-order valence-corrected chi connectivity index (χ1v) is 11.1. The van der Waals surface area contributed by atoms with Gasteiger partial charge in [-0.2, -0.15) is 5.26 Å². The molecular formula is C24H31ClFN3O2. The smallest absolute Gasteiger partial charge is 0.253 e. The molecule has 1 saturated carbocycles. The number of aryl methyl sites for hydroxylation is 1. The van der Waals surface area contributed by atoms with Gasteiger partial charge < -0.3 is 10.1 Å². The summed E-state index contributed by atoms with van der Waals surface area (Å²) in [6.45, 7) is 9.55. The maximum Gasteiger partial charge on any atom is 0.253 e. The summed E-state index contributed by atoms with van der Waals surface area (Å²) in [5, 5.41) is 12.2. The van der Waals surface area contributed by atoms with Crippen molar-refractivity contribution in [2.24, 2.45) is 0 Å². The predicted molar refractivity (Wildman–Crippen MR) is 122 cm³/mol. The molecule has 1 aliphatic rings. The summed E-state index contributed by atoms with van der Waals surface area (Å²) in [7, 11) is 0. The number of carbonyl (C=O) groups excluding carboxylic acids is 1. The second-order valence-corrected chi connectivity index (χ2v) is 7.02. The van der Waals surface area contributed by atoms with Crippen molar-refractivity contribution in [2.45, 2.75) is 72.4 Å². The van der Waals surface area contributed by atoms with Crippen molar-refractivity contribution in [1.82, 2.24) is 10.3 Å². The maximum atomic E-state index is 13.6. The summed E-state index contributed by atoms with van der Waals surface area (Å²) in [5.41, 5.74) is 0.910. The average molecular weight is 448 g/mol. The number of nitrogens with zero attached hydrogens (tertiary/aromatic N) is 2. The van der Waals surface area contributed by atoms with E-state index in [2.05, 4.69) is 10.3 Å². The largest absolute Gasteiger partial charge is 0.490 e. The van der Waals surface area contributed by atoms with Gasteiger partial charge >= 0.3 is 0 Å². The van der Waals surface area contributed by atoms with Gasteiger partial charge in [-0.25, -0.2) is 4.39 Å². The van der Waals surface area contributed by atoms with Gasteiger partial charge in [0, 0.05) is 18.3 Å². The highest BCUT2D eigenvalue weighted by atomic mass is 35.5. The highest BCUT2D eigenvalue weighted by Gasteiger charge is 2.24. The molecule has 1 fully saturated rings. The lowest BCUT2D eigenvalue weighted by atomic mass is 9.92. The number of aromatic nitrogens is 1. The van der Waals surface area contributed by atoms with E-state index in [1.54, 1.807) is 25.1 Å². The third-order valence-electron chi connectivity index (χ3n) is 4.66. The molecule has 3 rings (SSSR count). The first kappa shape index (κ1) is 26.4. The maximum absolute atomic E-state index is 13.6. The van der Waals surface area contributed by atoms with Gasteiger partial charge in [-0.3, -0.25) is 9.78 Å². The number of rotatable bonds is 4. The second kappa shape index (κ2) is 13.6. The van der Waals surface area contributed by atoms with Crippen molar-refractivity contribution < 1.29 is 13.9 Å². The Morgan fingerprint density at radius 2 is 1.84 bits per heavy atom. The van der Waals surface area contributed by atoms with Crippen LogP contribution in [-0.4, -0.2) is 23.0 Å². The molecule has 0 atom stereocenters. The molecule has 1 heterocycles. The van der Waals surface area contributed by atoms with Gasteiger partial charge in [0.05, 0.1) is 27.9 Å². The molecule has 1 amide bonds. The number of hydrogen-bond acceptors (Lipinski definition) is 4. The average Bonchev–Trinajstić information content (AvgIpc) is 2.80. The van der Waals surface area contributed by atoms with Crippen LogP contribution in [0.2, 0.25) is 5.02 Å². The summed E-state index contributed by atoms with van der Waals surface area (Å²) in [6.07, 6.45) is 4.51. The van der Waals surface area contributed by atoms with Crippen LogP contribution in [0.4, 0.5) is 4.39 Å². The van der Waals surface area contributed by atoms with E-state index in [0.29, 0.717) is 16.3 Å². The van der Waals surface area contributed by atoms with E-state index in [-0.39, 0.29) is 29.3 Å². The fourth-order valence-electron chi connectivity index (χ4n) is 3.08. The van der Waals surface area contributed by atoms with E-state index in [9.17, 15) is 9.18 Å². The lowest BCUT2D eigenvalue weighted by Gasteiger charge is -2.29. The molecule has 168 valence electrons. The molecule has 0 unspecified atom stereocenters. The van der Waals surface area contributed by atoms with E-state index in [0.717, 1.165) is 25.7 Å². The highest BCUT2D eigenvalue weighted by Crippen LogP contribution is 2.27. The van der Waals surface area contributed by atoms with E-state index >= 15 is 0 Å². The lowest BCUT2D eigenvalue weighted by molar-refractivity contribution is 0.0893. The Morgan fingerprint density at radius 3 is 2.39 bits per heavy atom. The Balaban J connectivity index is 0.00000113. The number of amides is 1. The van der Waals surface area contributed by atoms with E-state index in [1.807, 2.05) is 33.8 Å². The first-order valence-electron chi connectivity index (χ1n) is 10.8. The Bertz CT molecular complexity index is 891. The van der Waals surface area contributed by atoms with Gasteiger partial charge in [0.1, 0.15) is 17.6 Å². The van der Waals surface area contributed by atoms with Crippen molar-refractivity contribution >= 4 is 17.5 Å². The van der Waals surface area contributed by atoms with Crippen LogP contribution in [0, 0.1) is 24.1 Å². The number of carbonyl (C=O) groups is 1. The molecule has 5 nitrogen and oxygen atoms in total. The van der Waals surface area contributed by atoms with Crippen LogP contribution in [-0.2, 0) is 0 Å². The number of halogens is 2. The van der Waals surface area contributed by atoms with Gasteiger partial charge in [0.2, 0.25) is 0 Å². The summed E-state index contributed by atoms with van der Waals surface area (Å²) in [5.74, 6) is -0.168. The molecule has 0 aliphatic heterocycles. The molecule has 0 saturated heterocycles. The summed E-state index contributed by atoms with van der Waals surface area (Å²) >= 11 is 6.02. The topological polar surface area (TPSA) is 75.0 Å². The van der Waals surface area contributed by atoms with Crippen molar-refractivity contribution in [1.29, 1.82) is 5.26 Å². The number of benzene rings is 1. The quantitative estimate of drug-likeness (QED) is 0.603. The molecule has 0 radical (unpaired) electrons. The fraction of sp³-hybridized carbons (Fsp3) is 0.458. The lowest BCUT2D eigenvalue weighted by Crippen LogP contribution is -2.39. The normalized spacial score (nSPS) is 17.1. The number of pyridine rings is 1. The highest BCUT2D eigenvalue weighted by molar-refractivity contribution is 6.31. The van der Waals surface area contributed by atoms with Crippen LogP contribution < -0.4 is 10.1 Å². The Labute approximate surface area is 189 Å². The third-order valence-corrected chi connectivity index (χ3v) is 4.97. The van der Waals surface area contributed by atoms with Crippen LogP contribution in [0.15, 0.2) is 30.5 Å². The van der Waals surface area contributed by atoms with Crippen LogP contribution in [0.5, 0.6) is 5.75 Å². The number of nitrogens with one attached hydrogen (secondary N) is 1. The fourth-order valence-corrected chi connectivity index (χ4v) is 3.29. The Morgan fingerprint density at radius 1 is 1.19 bits per heavy atom. The van der Waals surface area contributed by atoms with Gasteiger partial charge in [-0.1, -0.05) is 39.3 Å². The molecule has 1 aromatic heterocycles. The number of nitriles is 1. The minimum absolute atomic E-state index is 0.0197. The standard InChI is InChI=1S/C20H19ClFN3O2.2C2H6/c1-12-19(22)8-14(11-24-12)20(26)25-15-3-6-16(7-4-15)27-17-5-2-13(10-23)18(21)9-17;2*1-2/h2,5,8-9,11,15-16H,3-4,6-7H2,1H3,(H,25,26);2*1-2H3. The summed E-state index contributed by atoms with van der Waals surface area (Å²) in [4.78, 5) is 16.1. The third kappa shape index (κ3) is 7.84. The molecular weight excluding hydrogens is 417 g/mol. The van der Waals surface area contributed by atoms with Gasteiger partial charge in [-0.05, 0) is 50.8 Å². The van der Waals surface area contributed by atoms with E-state index in [1.165, 1.54) is 12.3 Å². The van der Waals surface area contributed by atoms with Crippen molar-refractivity contribution in [3.05, 3.63) is 58.1 Å². The monoisotopic (exact) mass is 447 g/mol. The zero-order valence-electron chi connectivity index (χ0n) is 18.8. The van der Waals surface area contributed by atoms with Gasteiger partial charge in [0.15, 0.2) is 0 Å². The molecule has 7 heteroatoms. The Hall–Kier alpha value is -2.65. The van der Waals surface area contributed by atoms with Crippen LogP contribution in [0.25, 0.3) is 0 Å². The van der Waals surface area contributed by atoms with Gasteiger partial charge in [-0.15, -0.1) is 0 Å². The van der Waals surface area contributed by atoms with Crippen molar-refractivity contribution in [3.63, 3.8) is 0 Å².